The van der Waals surface area contributed by atoms with Crippen molar-refractivity contribution in [2.45, 2.75) is 6.54 Å². The maximum Gasteiger partial charge on any atom is 0.193 e. The van der Waals surface area contributed by atoms with Crippen molar-refractivity contribution < 1.29 is 22.6 Å². The maximum absolute atomic E-state index is 11.0. The molecule has 1 N–H and O–H groups in total. The summed E-state index contributed by atoms with van der Waals surface area (Å²) in [6.07, 6.45) is 1.19. The Labute approximate surface area is 179 Å². The fraction of sp³-hybridized carbons (Fsp3) is 0.588. The number of aliphatic imine (C=N–C) groups is 1. The molecule has 10 heteroatoms. The van der Waals surface area contributed by atoms with Crippen LogP contribution >= 0.6 is 24.0 Å². The first-order chi connectivity index (χ1) is 12.3. The molecule has 0 radical (unpaired) electrons. The summed E-state index contributed by atoms with van der Waals surface area (Å²) in [5.74, 6) is 2.21. The number of hydrogen-bond donors (Lipinski definition) is 1. The van der Waals surface area contributed by atoms with E-state index in [4.69, 9.17) is 14.2 Å². The Bertz CT molecular complexity index is 698. The number of nitrogens with one attached hydrogen (secondary N) is 1. The Hall–Kier alpha value is -1.27. The normalized spacial score (nSPS) is 11.5. The highest BCUT2D eigenvalue weighted by atomic mass is 127. The van der Waals surface area contributed by atoms with E-state index in [1.807, 2.05) is 30.1 Å². The molecule has 0 bridgehead atoms. The average Bonchev–Trinajstić information content (AvgIpc) is 2.60. The number of nitrogens with zero attached hydrogens (tertiary/aromatic N) is 2. The van der Waals surface area contributed by atoms with Crippen molar-refractivity contribution in [3.05, 3.63) is 23.8 Å². The number of sulfone groups is 1. The Morgan fingerprint density at radius 3 is 2.48 bits per heavy atom. The molecular formula is C17H30IN3O5S. The quantitative estimate of drug-likeness (QED) is 0.218. The summed E-state index contributed by atoms with van der Waals surface area (Å²) in [7, 11) is 3.87. The molecule has 0 fully saturated rings. The molecule has 0 amide bonds. The summed E-state index contributed by atoms with van der Waals surface area (Å²) in [6.45, 7) is 1.72. The Balaban J connectivity index is 0.00000676. The molecule has 0 aliphatic carbocycles. The van der Waals surface area contributed by atoms with Crippen LogP contribution in [0.3, 0.4) is 0 Å². The van der Waals surface area contributed by atoms with Crippen LogP contribution in [0.15, 0.2) is 23.2 Å². The molecule has 0 aromatic heterocycles. The monoisotopic (exact) mass is 515 g/mol. The minimum Gasteiger partial charge on any atom is -0.497 e. The van der Waals surface area contributed by atoms with Crippen LogP contribution in [0.4, 0.5) is 0 Å². The Morgan fingerprint density at radius 1 is 1.22 bits per heavy atom. The van der Waals surface area contributed by atoms with Crippen LogP contribution in [0, 0.1) is 0 Å². The Morgan fingerprint density at radius 2 is 1.93 bits per heavy atom. The maximum atomic E-state index is 11.0. The Kier molecular flexibility index (Phi) is 12.4. The molecule has 0 aliphatic heterocycles. The van der Waals surface area contributed by atoms with E-state index in [1.54, 1.807) is 21.3 Å². The SMILES string of the molecule is CN=C(NCCOCCS(C)(=O)=O)N(C)Cc1ccc(OC)cc1OC.I. The molecule has 0 unspecified atom stereocenters. The number of ether oxygens (including phenoxy) is 3. The van der Waals surface area contributed by atoms with Crippen LogP contribution in [0.25, 0.3) is 0 Å². The van der Waals surface area contributed by atoms with E-state index < -0.39 is 9.84 Å². The lowest BCUT2D eigenvalue weighted by Gasteiger charge is -2.23. The average molecular weight is 515 g/mol. The number of methoxy groups -OCH3 is 2. The molecule has 27 heavy (non-hydrogen) atoms. The van der Waals surface area contributed by atoms with Gasteiger partial charge in [-0.25, -0.2) is 8.42 Å². The first-order valence-electron chi connectivity index (χ1n) is 8.19. The van der Waals surface area contributed by atoms with E-state index >= 15 is 0 Å². The van der Waals surface area contributed by atoms with Crippen molar-refractivity contribution in [2.24, 2.45) is 4.99 Å². The van der Waals surface area contributed by atoms with Gasteiger partial charge in [-0.15, -0.1) is 24.0 Å². The zero-order valence-corrected chi connectivity index (χ0v) is 19.7. The van der Waals surface area contributed by atoms with Crippen molar-refractivity contribution in [3.63, 3.8) is 0 Å². The minimum absolute atomic E-state index is 0. The summed E-state index contributed by atoms with van der Waals surface area (Å²) in [5.41, 5.74) is 1.00. The van der Waals surface area contributed by atoms with Crippen LogP contribution in [-0.4, -0.2) is 79.4 Å². The minimum atomic E-state index is -2.99. The zero-order valence-electron chi connectivity index (χ0n) is 16.5. The first kappa shape index (κ1) is 25.7. The van der Waals surface area contributed by atoms with Gasteiger partial charge >= 0.3 is 0 Å². The summed E-state index contributed by atoms with van der Waals surface area (Å²) in [4.78, 5) is 6.20. The highest BCUT2D eigenvalue weighted by Crippen LogP contribution is 2.25. The van der Waals surface area contributed by atoms with Crippen molar-refractivity contribution in [2.75, 3.05) is 60.1 Å². The number of hydrogen-bond acceptors (Lipinski definition) is 6. The molecule has 156 valence electrons. The van der Waals surface area contributed by atoms with Gasteiger partial charge in [0.2, 0.25) is 0 Å². The van der Waals surface area contributed by atoms with Gasteiger partial charge in [-0.1, -0.05) is 0 Å². The standard InChI is InChI=1S/C17H29N3O5S.HI/c1-18-17(19-8-9-25-10-11-26(5,21)22)20(2)13-14-6-7-15(23-3)12-16(14)24-4;/h6-7,12H,8-11,13H2,1-5H3,(H,18,19);1H. The highest BCUT2D eigenvalue weighted by Gasteiger charge is 2.11. The third kappa shape index (κ3) is 10.0. The molecule has 1 aromatic carbocycles. The summed E-state index contributed by atoms with van der Waals surface area (Å²) < 4.78 is 38.0. The zero-order chi connectivity index (χ0) is 19.6. The van der Waals surface area contributed by atoms with Gasteiger partial charge in [-0.3, -0.25) is 4.99 Å². The van der Waals surface area contributed by atoms with Crippen LogP contribution in [-0.2, 0) is 21.1 Å². The van der Waals surface area contributed by atoms with Gasteiger partial charge < -0.3 is 24.4 Å². The number of guanidine groups is 1. The van der Waals surface area contributed by atoms with E-state index in [2.05, 4.69) is 10.3 Å². The molecule has 0 aliphatic rings. The molecule has 1 aromatic rings. The molecule has 0 spiro atoms. The summed E-state index contributed by atoms with van der Waals surface area (Å²) in [6, 6.07) is 5.68. The van der Waals surface area contributed by atoms with Crippen LogP contribution in [0.2, 0.25) is 0 Å². The van der Waals surface area contributed by atoms with E-state index in [1.165, 1.54) is 6.26 Å². The van der Waals surface area contributed by atoms with Crippen LogP contribution < -0.4 is 14.8 Å². The molecular weight excluding hydrogens is 485 g/mol. The van der Waals surface area contributed by atoms with E-state index in [-0.39, 0.29) is 36.3 Å². The summed E-state index contributed by atoms with van der Waals surface area (Å²) >= 11 is 0. The van der Waals surface area contributed by atoms with Gasteiger partial charge in [0, 0.05) is 45.1 Å². The fourth-order valence-electron chi connectivity index (χ4n) is 2.24. The molecule has 0 saturated heterocycles. The molecule has 0 heterocycles. The van der Waals surface area contributed by atoms with Crippen LogP contribution in [0.1, 0.15) is 5.56 Å². The lowest BCUT2D eigenvalue weighted by molar-refractivity contribution is 0.153. The number of rotatable bonds is 10. The van der Waals surface area contributed by atoms with Crippen molar-refractivity contribution in [1.29, 1.82) is 0 Å². The van der Waals surface area contributed by atoms with Gasteiger partial charge in [-0.2, -0.15) is 0 Å². The topological polar surface area (TPSA) is 89.5 Å². The van der Waals surface area contributed by atoms with Gasteiger partial charge in [0.15, 0.2) is 5.96 Å². The number of benzene rings is 1. The second-order valence-corrected chi connectivity index (χ2v) is 8.01. The van der Waals surface area contributed by atoms with E-state index in [0.29, 0.717) is 25.7 Å². The van der Waals surface area contributed by atoms with Crippen LogP contribution in [0.5, 0.6) is 11.5 Å². The summed E-state index contributed by atoms with van der Waals surface area (Å²) in [5, 5.41) is 3.18. The molecule has 1 rings (SSSR count). The van der Waals surface area contributed by atoms with Gasteiger partial charge in [0.25, 0.3) is 0 Å². The predicted octanol–water partition coefficient (Wildman–Crippen LogP) is 1.39. The predicted molar refractivity (Wildman–Crippen MR) is 118 cm³/mol. The highest BCUT2D eigenvalue weighted by molar-refractivity contribution is 14.0. The second kappa shape index (κ2) is 13.0. The molecule has 8 nitrogen and oxygen atoms in total. The van der Waals surface area contributed by atoms with Gasteiger partial charge in [-0.05, 0) is 12.1 Å². The third-order valence-corrected chi connectivity index (χ3v) is 4.51. The third-order valence-electron chi connectivity index (χ3n) is 3.60. The fourth-order valence-corrected chi connectivity index (χ4v) is 2.67. The first-order valence-corrected chi connectivity index (χ1v) is 10.2. The van der Waals surface area contributed by atoms with E-state index in [0.717, 1.165) is 17.1 Å². The number of halogens is 1. The lowest BCUT2D eigenvalue weighted by atomic mass is 10.2. The van der Waals surface area contributed by atoms with Crippen molar-refractivity contribution in [1.82, 2.24) is 10.2 Å². The second-order valence-electron chi connectivity index (χ2n) is 5.75. The molecule has 0 saturated carbocycles. The lowest BCUT2D eigenvalue weighted by Crippen LogP contribution is -2.40. The largest absolute Gasteiger partial charge is 0.497 e. The van der Waals surface area contributed by atoms with Crippen molar-refractivity contribution >= 4 is 39.8 Å². The van der Waals surface area contributed by atoms with Gasteiger partial charge in [0.05, 0.1) is 33.2 Å². The van der Waals surface area contributed by atoms with E-state index in [9.17, 15) is 8.42 Å². The van der Waals surface area contributed by atoms with Gasteiger partial charge in [0.1, 0.15) is 21.3 Å². The smallest absolute Gasteiger partial charge is 0.193 e. The van der Waals surface area contributed by atoms with Crippen molar-refractivity contribution in [3.8, 4) is 11.5 Å². The molecule has 0 atom stereocenters.